The number of para-hydroxylation sites is 1. The molecule has 3 rings (SSSR count). The van der Waals surface area contributed by atoms with Gasteiger partial charge in [-0.05, 0) is 30.3 Å². The minimum absolute atomic E-state index is 0.116. The highest BCUT2D eigenvalue weighted by Gasteiger charge is 2.01. The Morgan fingerprint density at radius 1 is 1.18 bits per heavy atom. The predicted octanol–water partition coefficient (Wildman–Crippen LogP) is 3.06. The first-order valence-corrected chi connectivity index (χ1v) is 7.84. The van der Waals surface area contributed by atoms with Crippen LogP contribution in [-0.4, -0.2) is 22.4 Å². The van der Waals surface area contributed by atoms with Crippen molar-refractivity contribution < 1.29 is 4.79 Å². The third-order valence-corrected chi connectivity index (χ3v) is 4.10. The Labute approximate surface area is 132 Å². The summed E-state index contributed by atoms with van der Waals surface area (Å²) in [5, 5.41) is 3.68. The lowest BCUT2D eigenvalue weighted by molar-refractivity contribution is -0.116. The zero-order chi connectivity index (χ0) is 15.2. The molecule has 0 saturated carbocycles. The van der Waals surface area contributed by atoms with E-state index in [0.717, 1.165) is 27.3 Å². The Hall–Kier alpha value is -2.53. The first kappa shape index (κ1) is 14.4. The van der Waals surface area contributed by atoms with Crippen molar-refractivity contribution in [3.8, 4) is 0 Å². The Morgan fingerprint density at radius 2 is 2.05 bits per heavy atom. The molecule has 0 aliphatic rings. The first-order chi connectivity index (χ1) is 10.8. The lowest BCUT2D eigenvalue weighted by Crippen LogP contribution is -2.23. The summed E-state index contributed by atoms with van der Waals surface area (Å²) >= 11 is 1.57. The van der Waals surface area contributed by atoms with E-state index in [1.165, 1.54) is 6.08 Å². The molecule has 0 bridgehead atoms. The maximum Gasteiger partial charge on any atom is 0.244 e. The quantitative estimate of drug-likeness (QED) is 0.737. The molecule has 0 fully saturated rings. The molecule has 3 aromatic rings. The monoisotopic (exact) mass is 309 g/mol. The highest BCUT2D eigenvalue weighted by molar-refractivity contribution is 7.19. The number of fused-ring (bicyclic) bond motifs is 1. The van der Waals surface area contributed by atoms with E-state index in [1.807, 2.05) is 42.5 Å². The van der Waals surface area contributed by atoms with Crippen LogP contribution in [0.5, 0.6) is 0 Å². The SMILES string of the molecule is O=C(/C=C/c1nc2ccccc2s1)NCCc1ccccn1. The second kappa shape index (κ2) is 6.95. The van der Waals surface area contributed by atoms with Gasteiger partial charge in [-0.2, -0.15) is 0 Å². The molecule has 110 valence electrons. The number of pyridine rings is 1. The number of hydrogen-bond donors (Lipinski definition) is 1. The van der Waals surface area contributed by atoms with E-state index in [4.69, 9.17) is 0 Å². The standard InChI is InChI=1S/C17H15N3OS/c21-16(19-12-10-13-5-3-4-11-18-13)8-9-17-20-14-6-1-2-7-15(14)22-17/h1-9,11H,10,12H2,(H,19,21)/b9-8+. The van der Waals surface area contributed by atoms with E-state index in [9.17, 15) is 4.79 Å². The molecule has 1 amide bonds. The molecule has 0 aliphatic heterocycles. The van der Waals surface area contributed by atoms with Gasteiger partial charge < -0.3 is 5.32 Å². The van der Waals surface area contributed by atoms with E-state index in [-0.39, 0.29) is 5.91 Å². The number of benzene rings is 1. The fourth-order valence-corrected chi connectivity index (χ4v) is 2.90. The summed E-state index contributed by atoms with van der Waals surface area (Å²) in [6.45, 7) is 0.569. The van der Waals surface area contributed by atoms with E-state index in [0.29, 0.717) is 6.54 Å². The van der Waals surface area contributed by atoms with Crippen LogP contribution in [0.4, 0.5) is 0 Å². The molecular weight excluding hydrogens is 294 g/mol. The van der Waals surface area contributed by atoms with E-state index >= 15 is 0 Å². The van der Waals surface area contributed by atoms with Gasteiger partial charge >= 0.3 is 0 Å². The molecular formula is C17H15N3OS. The van der Waals surface area contributed by atoms with Crippen molar-refractivity contribution in [2.24, 2.45) is 0 Å². The maximum absolute atomic E-state index is 11.8. The third kappa shape index (κ3) is 3.77. The Bertz CT molecular complexity index is 763. The molecule has 4 nitrogen and oxygen atoms in total. The van der Waals surface area contributed by atoms with Crippen molar-refractivity contribution in [1.82, 2.24) is 15.3 Å². The summed E-state index contributed by atoms with van der Waals surface area (Å²) in [6.07, 6.45) is 5.75. The Morgan fingerprint density at radius 3 is 2.86 bits per heavy atom. The normalized spacial score (nSPS) is 11.1. The van der Waals surface area contributed by atoms with Crippen LogP contribution in [0, 0.1) is 0 Å². The van der Waals surface area contributed by atoms with Crippen LogP contribution >= 0.6 is 11.3 Å². The van der Waals surface area contributed by atoms with Crippen LogP contribution < -0.4 is 5.32 Å². The van der Waals surface area contributed by atoms with Gasteiger partial charge in [-0.3, -0.25) is 9.78 Å². The Kier molecular flexibility index (Phi) is 4.56. The summed E-state index contributed by atoms with van der Waals surface area (Å²) in [5.41, 5.74) is 1.93. The lowest BCUT2D eigenvalue weighted by Gasteiger charge is -2.01. The van der Waals surface area contributed by atoms with Gasteiger partial charge in [0.1, 0.15) is 5.01 Å². The van der Waals surface area contributed by atoms with Crippen molar-refractivity contribution in [2.75, 3.05) is 6.54 Å². The molecule has 0 saturated heterocycles. The zero-order valence-electron chi connectivity index (χ0n) is 11.9. The summed E-state index contributed by atoms with van der Waals surface area (Å²) in [7, 11) is 0. The number of thiazole rings is 1. The van der Waals surface area contributed by atoms with Crippen molar-refractivity contribution in [2.45, 2.75) is 6.42 Å². The summed E-state index contributed by atoms with van der Waals surface area (Å²) in [5.74, 6) is -0.116. The van der Waals surface area contributed by atoms with Gasteiger partial charge in [0.25, 0.3) is 0 Å². The van der Waals surface area contributed by atoms with Crippen molar-refractivity contribution in [3.05, 3.63) is 65.4 Å². The molecule has 5 heteroatoms. The average molecular weight is 309 g/mol. The molecule has 0 spiro atoms. The molecule has 22 heavy (non-hydrogen) atoms. The summed E-state index contributed by atoms with van der Waals surface area (Å²) < 4.78 is 1.12. The molecule has 0 radical (unpaired) electrons. The number of hydrogen-bond acceptors (Lipinski definition) is 4. The molecule has 0 unspecified atom stereocenters. The summed E-state index contributed by atoms with van der Waals surface area (Å²) in [6, 6.07) is 13.7. The highest BCUT2D eigenvalue weighted by atomic mass is 32.1. The van der Waals surface area contributed by atoms with Crippen LogP contribution in [-0.2, 0) is 11.2 Å². The average Bonchev–Trinajstić information content (AvgIpc) is 2.97. The smallest absolute Gasteiger partial charge is 0.244 e. The maximum atomic E-state index is 11.8. The molecule has 1 aromatic carbocycles. The number of nitrogens with zero attached hydrogens (tertiary/aromatic N) is 2. The topological polar surface area (TPSA) is 54.9 Å². The van der Waals surface area contributed by atoms with Gasteiger partial charge in [-0.15, -0.1) is 11.3 Å². The van der Waals surface area contributed by atoms with Crippen LogP contribution in [0.25, 0.3) is 16.3 Å². The highest BCUT2D eigenvalue weighted by Crippen LogP contribution is 2.22. The van der Waals surface area contributed by atoms with Gasteiger partial charge in [0.15, 0.2) is 0 Å². The van der Waals surface area contributed by atoms with Gasteiger partial charge in [0.2, 0.25) is 5.91 Å². The van der Waals surface area contributed by atoms with Gasteiger partial charge in [-0.25, -0.2) is 4.98 Å². The summed E-state index contributed by atoms with van der Waals surface area (Å²) in [4.78, 5) is 20.5. The molecule has 1 N–H and O–H groups in total. The fraction of sp³-hybridized carbons (Fsp3) is 0.118. The van der Waals surface area contributed by atoms with Crippen molar-refractivity contribution in [1.29, 1.82) is 0 Å². The minimum Gasteiger partial charge on any atom is -0.352 e. The van der Waals surface area contributed by atoms with Crippen LogP contribution in [0.1, 0.15) is 10.7 Å². The number of amides is 1. The molecule has 2 heterocycles. The fourth-order valence-electron chi connectivity index (χ4n) is 2.03. The predicted molar refractivity (Wildman–Crippen MR) is 89.6 cm³/mol. The van der Waals surface area contributed by atoms with E-state index < -0.39 is 0 Å². The number of rotatable bonds is 5. The van der Waals surface area contributed by atoms with Gasteiger partial charge in [0, 0.05) is 30.9 Å². The molecule has 0 aliphatic carbocycles. The first-order valence-electron chi connectivity index (χ1n) is 7.03. The van der Waals surface area contributed by atoms with Crippen LogP contribution in [0.2, 0.25) is 0 Å². The number of nitrogens with one attached hydrogen (secondary N) is 1. The van der Waals surface area contributed by atoms with E-state index in [1.54, 1.807) is 23.6 Å². The number of carbonyl (C=O) groups excluding carboxylic acids is 1. The van der Waals surface area contributed by atoms with Gasteiger partial charge in [-0.1, -0.05) is 18.2 Å². The Balaban J connectivity index is 1.52. The third-order valence-electron chi connectivity index (χ3n) is 3.09. The second-order valence-electron chi connectivity index (χ2n) is 4.72. The van der Waals surface area contributed by atoms with Crippen molar-refractivity contribution in [3.63, 3.8) is 0 Å². The number of aromatic nitrogens is 2. The zero-order valence-corrected chi connectivity index (χ0v) is 12.7. The van der Waals surface area contributed by atoms with E-state index in [2.05, 4.69) is 15.3 Å². The minimum atomic E-state index is -0.116. The van der Waals surface area contributed by atoms with Gasteiger partial charge in [0.05, 0.1) is 10.2 Å². The molecule has 2 aromatic heterocycles. The number of carbonyl (C=O) groups is 1. The van der Waals surface area contributed by atoms with Crippen LogP contribution in [0.3, 0.4) is 0 Å². The van der Waals surface area contributed by atoms with Crippen molar-refractivity contribution >= 4 is 33.5 Å². The second-order valence-corrected chi connectivity index (χ2v) is 5.78. The largest absolute Gasteiger partial charge is 0.352 e. The lowest BCUT2D eigenvalue weighted by atomic mass is 10.3. The van der Waals surface area contributed by atoms with Crippen LogP contribution in [0.15, 0.2) is 54.7 Å². The molecule has 0 atom stereocenters.